The lowest BCUT2D eigenvalue weighted by molar-refractivity contribution is -0.137. The van der Waals surface area contributed by atoms with Crippen LogP contribution in [-0.4, -0.2) is 23.6 Å². The van der Waals surface area contributed by atoms with Crippen molar-refractivity contribution >= 4 is 17.6 Å². The molecule has 29 heavy (non-hydrogen) atoms. The van der Waals surface area contributed by atoms with Crippen LogP contribution in [0, 0.1) is 0 Å². The lowest BCUT2D eigenvalue weighted by Crippen LogP contribution is -2.20. The molecule has 0 saturated heterocycles. The second-order valence-electron chi connectivity index (χ2n) is 6.31. The maximum absolute atomic E-state index is 12.1. The minimum absolute atomic E-state index is 0.0811. The molecule has 0 saturated carbocycles. The van der Waals surface area contributed by atoms with Gasteiger partial charge in [-0.2, -0.15) is 0 Å². The zero-order chi connectivity index (χ0) is 20.5. The molecule has 3 rings (SSSR count). The van der Waals surface area contributed by atoms with E-state index >= 15 is 0 Å². The first-order valence-corrected chi connectivity index (χ1v) is 9.15. The average molecular weight is 391 g/mol. The standard InChI is InChI=1S/C23H21NO5/c25-22(16-28-19-11-6-17(7-12-19)8-15-23(26)27)24-18-9-13-21(14-10-18)29-20-4-2-1-3-5-20/h1-7,9-14H,8,15-16H2,(H,24,25)(H,26,27). The van der Waals surface area contributed by atoms with Gasteiger partial charge in [0, 0.05) is 12.1 Å². The van der Waals surface area contributed by atoms with Crippen molar-refractivity contribution < 1.29 is 24.2 Å². The van der Waals surface area contributed by atoms with E-state index in [1.807, 2.05) is 30.3 Å². The summed E-state index contributed by atoms with van der Waals surface area (Å²) in [6, 6.07) is 23.5. The Balaban J connectivity index is 1.45. The first kappa shape index (κ1) is 19.9. The second-order valence-corrected chi connectivity index (χ2v) is 6.31. The van der Waals surface area contributed by atoms with Crippen LogP contribution in [0.4, 0.5) is 5.69 Å². The zero-order valence-corrected chi connectivity index (χ0v) is 15.7. The van der Waals surface area contributed by atoms with Crippen LogP contribution >= 0.6 is 0 Å². The van der Waals surface area contributed by atoms with Gasteiger partial charge in [-0.05, 0) is 60.5 Å². The molecular weight excluding hydrogens is 370 g/mol. The molecule has 0 aliphatic rings. The Labute approximate surface area is 168 Å². The van der Waals surface area contributed by atoms with Gasteiger partial charge in [-0.3, -0.25) is 9.59 Å². The Bertz CT molecular complexity index is 937. The van der Waals surface area contributed by atoms with Crippen LogP contribution in [0.3, 0.4) is 0 Å². The van der Waals surface area contributed by atoms with Crippen molar-refractivity contribution in [2.24, 2.45) is 0 Å². The molecule has 6 heteroatoms. The van der Waals surface area contributed by atoms with Crippen molar-refractivity contribution in [3.63, 3.8) is 0 Å². The number of ether oxygens (including phenoxy) is 2. The number of hydrogen-bond donors (Lipinski definition) is 2. The first-order chi connectivity index (χ1) is 14.1. The summed E-state index contributed by atoms with van der Waals surface area (Å²) < 4.78 is 11.2. The SMILES string of the molecule is O=C(O)CCc1ccc(OCC(=O)Nc2ccc(Oc3ccccc3)cc2)cc1. The van der Waals surface area contributed by atoms with E-state index in [0.717, 1.165) is 11.3 Å². The predicted octanol–water partition coefficient (Wildman–Crippen LogP) is 4.51. The quantitative estimate of drug-likeness (QED) is 0.560. The Morgan fingerprint density at radius 2 is 1.41 bits per heavy atom. The van der Waals surface area contributed by atoms with E-state index < -0.39 is 5.97 Å². The van der Waals surface area contributed by atoms with Crippen LogP contribution in [0.25, 0.3) is 0 Å². The normalized spacial score (nSPS) is 10.2. The lowest BCUT2D eigenvalue weighted by Gasteiger charge is -2.09. The van der Waals surface area contributed by atoms with Gasteiger partial charge in [-0.15, -0.1) is 0 Å². The van der Waals surface area contributed by atoms with E-state index in [1.54, 1.807) is 48.5 Å². The molecule has 6 nitrogen and oxygen atoms in total. The molecule has 0 bridgehead atoms. The number of anilines is 1. The average Bonchev–Trinajstić information content (AvgIpc) is 2.74. The third kappa shape index (κ3) is 6.70. The molecule has 3 aromatic carbocycles. The van der Waals surface area contributed by atoms with E-state index in [4.69, 9.17) is 14.6 Å². The van der Waals surface area contributed by atoms with Crippen molar-refractivity contribution in [1.29, 1.82) is 0 Å². The number of carbonyl (C=O) groups is 2. The second kappa shape index (κ2) is 9.94. The largest absolute Gasteiger partial charge is 0.484 e. The molecule has 0 aliphatic carbocycles. The molecular formula is C23H21NO5. The van der Waals surface area contributed by atoms with Crippen molar-refractivity contribution in [2.45, 2.75) is 12.8 Å². The molecule has 0 atom stereocenters. The van der Waals surface area contributed by atoms with Gasteiger partial charge in [-0.1, -0.05) is 30.3 Å². The molecule has 3 aromatic rings. The van der Waals surface area contributed by atoms with Gasteiger partial charge in [0.15, 0.2) is 6.61 Å². The maximum Gasteiger partial charge on any atom is 0.303 e. The Hall–Kier alpha value is -3.80. The van der Waals surface area contributed by atoms with Crippen LogP contribution < -0.4 is 14.8 Å². The Morgan fingerprint density at radius 1 is 0.793 bits per heavy atom. The fraction of sp³-hybridized carbons (Fsp3) is 0.130. The van der Waals surface area contributed by atoms with E-state index in [-0.39, 0.29) is 18.9 Å². The van der Waals surface area contributed by atoms with E-state index in [1.165, 1.54) is 0 Å². The molecule has 2 N–H and O–H groups in total. The molecule has 0 spiro atoms. The van der Waals surface area contributed by atoms with E-state index in [9.17, 15) is 9.59 Å². The highest BCUT2D eigenvalue weighted by molar-refractivity contribution is 5.91. The minimum Gasteiger partial charge on any atom is -0.484 e. The summed E-state index contributed by atoms with van der Waals surface area (Å²) in [5.41, 5.74) is 1.55. The summed E-state index contributed by atoms with van der Waals surface area (Å²) in [7, 11) is 0. The first-order valence-electron chi connectivity index (χ1n) is 9.15. The van der Waals surface area contributed by atoms with Gasteiger partial charge in [0.05, 0.1) is 0 Å². The molecule has 0 unspecified atom stereocenters. The molecule has 1 amide bonds. The van der Waals surface area contributed by atoms with Crippen LogP contribution in [0.5, 0.6) is 17.2 Å². The van der Waals surface area contributed by atoms with E-state index in [0.29, 0.717) is 23.6 Å². The summed E-state index contributed by atoms with van der Waals surface area (Å²) in [6.45, 7) is -0.128. The zero-order valence-electron chi connectivity index (χ0n) is 15.7. The fourth-order valence-corrected chi connectivity index (χ4v) is 2.58. The highest BCUT2D eigenvalue weighted by Crippen LogP contribution is 2.22. The molecule has 0 radical (unpaired) electrons. The molecule has 0 aromatic heterocycles. The van der Waals surface area contributed by atoms with Crippen molar-refractivity contribution in [3.05, 3.63) is 84.4 Å². The number of aliphatic carboxylic acids is 1. The monoisotopic (exact) mass is 391 g/mol. The van der Waals surface area contributed by atoms with Gasteiger partial charge in [0.1, 0.15) is 17.2 Å². The van der Waals surface area contributed by atoms with E-state index in [2.05, 4.69) is 5.32 Å². The summed E-state index contributed by atoms with van der Waals surface area (Å²) in [5, 5.41) is 11.5. The van der Waals surface area contributed by atoms with Gasteiger partial charge >= 0.3 is 5.97 Å². The molecule has 148 valence electrons. The van der Waals surface area contributed by atoms with Crippen LogP contribution in [0.1, 0.15) is 12.0 Å². The summed E-state index contributed by atoms with van der Waals surface area (Å²) in [5.74, 6) is 0.851. The van der Waals surface area contributed by atoms with Crippen LogP contribution in [-0.2, 0) is 16.0 Å². The molecule has 0 heterocycles. The van der Waals surface area contributed by atoms with Crippen LogP contribution in [0.2, 0.25) is 0 Å². The van der Waals surface area contributed by atoms with Crippen molar-refractivity contribution in [3.8, 4) is 17.2 Å². The number of hydrogen-bond acceptors (Lipinski definition) is 4. The fourth-order valence-electron chi connectivity index (χ4n) is 2.58. The smallest absolute Gasteiger partial charge is 0.303 e. The highest BCUT2D eigenvalue weighted by atomic mass is 16.5. The molecule has 0 fully saturated rings. The number of amides is 1. The third-order valence-electron chi connectivity index (χ3n) is 4.04. The third-order valence-corrected chi connectivity index (χ3v) is 4.04. The minimum atomic E-state index is -0.832. The van der Waals surface area contributed by atoms with Crippen molar-refractivity contribution in [2.75, 3.05) is 11.9 Å². The number of carboxylic acids is 1. The summed E-state index contributed by atoms with van der Waals surface area (Å²) in [4.78, 5) is 22.7. The number of nitrogens with one attached hydrogen (secondary N) is 1. The van der Waals surface area contributed by atoms with Gasteiger partial charge in [0.25, 0.3) is 5.91 Å². The van der Waals surface area contributed by atoms with Crippen molar-refractivity contribution in [1.82, 2.24) is 0 Å². The predicted molar refractivity (Wildman–Crippen MR) is 109 cm³/mol. The number of aryl methyl sites for hydroxylation is 1. The van der Waals surface area contributed by atoms with Gasteiger partial charge < -0.3 is 19.9 Å². The number of rotatable bonds is 9. The highest BCUT2D eigenvalue weighted by Gasteiger charge is 2.05. The topological polar surface area (TPSA) is 84.9 Å². The molecule has 0 aliphatic heterocycles. The lowest BCUT2D eigenvalue weighted by atomic mass is 10.1. The number of para-hydroxylation sites is 1. The number of benzene rings is 3. The Morgan fingerprint density at radius 3 is 2.07 bits per heavy atom. The van der Waals surface area contributed by atoms with Crippen LogP contribution in [0.15, 0.2) is 78.9 Å². The number of carbonyl (C=O) groups excluding carboxylic acids is 1. The summed E-state index contributed by atoms with van der Waals surface area (Å²) in [6.07, 6.45) is 0.540. The summed E-state index contributed by atoms with van der Waals surface area (Å²) >= 11 is 0. The number of carboxylic acid groups (broad SMARTS) is 1. The van der Waals surface area contributed by atoms with Gasteiger partial charge in [-0.25, -0.2) is 0 Å². The maximum atomic E-state index is 12.1. The van der Waals surface area contributed by atoms with Gasteiger partial charge in [0.2, 0.25) is 0 Å². The Kier molecular flexibility index (Phi) is 6.84.